The number of anilines is 1. The molecule has 3 N–H and O–H groups in total. The second-order valence-corrected chi connectivity index (χ2v) is 6.07. The molecule has 7 heteroatoms. The van der Waals surface area contributed by atoms with Gasteiger partial charge in [0, 0.05) is 37.6 Å². The van der Waals surface area contributed by atoms with Crippen LogP contribution in [0.3, 0.4) is 0 Å². The molecule has 0 radical (unpaired) electrons. The van der Waals surface area contributed by atoms with Crippen molar-refractivity contribution >= 4 is 11.6 Å². The lowest BCUT2D eigenvalue weighted by molar-refractivity contribution is -0.130. The van der Waals surface area contributed by atoms with Crippen molar-refractivity contribution in [3.05, 3.63) is 30.6 Å². The van der Waals surface area contributed by atoms with Crippen LogP contribution in [0.4, 0.5) is 5.69 Å². The first-order valence-corrected chi connectivity index (χ1v) is 8.26. The molecule has 0 atom stereocenters. The van der Waals surface area contributed by atoms with Crippen molar-refractivity contribution in [3.63, 3.8) is 0 Å². The number of hydrogen-bond acceptors (Lipinski definition) is 5. The van der Waals surface area contributed by atoms with Gasteiger partial charge in [0.15, 0.2) is 5.82 Å². The lowest BCUT2D eigenvalue weighted by atomic mass is 9.79. The molecule has 0 saturated carbocycles. The van der Waals surface area contributed by atoms with Crippen molar-refractivity contribution < 1.29 is 9.53 Å². The number of rotatable bonds is 5. The van der Waals surface area contributed by atoms with Crippen LogP contribution in [0, 0.1) is 5.41 Å². The number of nitrogens with zero attached hydrogens (tertiary/aromatic N) is 3. The van der Waals surface area contributed by atoms with E-state index in [0.717, 1.165) is 23.6 Å². The van der Waals surface area contributed by atoms with E-state index in [1.54, 1.807) is 6.33 Å². The Morgan fingerprint density at radius 2 is 2.21 bits per heavy atom. The molecule has 3 rings (SSSR count). The molecule has 1 aliphatic rings. The first-order chi connectivity index (χ1) is 11.7. The minimum absolute atomic E-state index is 0.0394. The first-order valence-electron chi connectivity index (χ1n) is 8.26. The van der Waals surface area contributed by atoms with E-state index in [-0.39, 0.29) is 5.91 Å². The second-order valence-electron chi connectivity index (χ2n) is 6.07. The molecule has 2 heterocycles. The van der Waals surface area contributed by atoms with E-state index in [0.29, 0.717) is 32.6 Å². The summed E-state index contributed by atoms with van der Waals surface area (Å²) in [6.07, 6.45) is 3.00. The van der Waals surface area contributed by atoms with Gasteiger partial charge in [-0.1, -0.05) is 12.1 Å². The number of aryl methyl sites for hydroxylation is 1. The van der Waals surface area contributed by atoms with E-state index in [2.05, 4.69) is 15.5 Å². The fraction of sp³-hybridized carbons (Fsp3) is 0.471. The Bertz CT molecular complexity index is 707. The molecule has 2 aromatic rings. The van der Waals surface area contributed by atoms with Gasteiger partial charge in [0.1, 0.15) is 6.33 Å². The Balaban J connectivity index is 1.80. The standard InChI is InChI=1S/C17H23N5O2/c1-2-22-12-19-21-15(22)13-4-3-5-14(10-13)20-16(23)17(11-18)6-8-24-9-7-17/h3-5,10,12H,2,6-9,11,18H2,1H3,(H,20,23). The van der Waals surface area contributed by atoms with Gasteiger partial charge in [0.05, 0.1) is 5.41 Å². The number of benzene rings is 1. The van der Waals surface area contributed by atoms with Crippen LogP contribution in [-0.4, -0.2) is 40.4 Å². The van der Waals surface area contributed by atoms with Crippen molar-refractivity contribution in [2.24, 2.45) is 11.1 Å². The lowest BCUT2D eigenvalue weighted by Gasteiger charge is -2.34. The zero-order chi connectivity index (χ0) is 17.0. The van der Waals surface area contributed by atoms with E-state index in [4.69, 9.17) is 10.5 Å². The van der Waals surface area contributed by atoms with Crippen LogP contribution in [0.15, 0.2) is 30.6 Å². The van der Waals surface area contributed by atoms with Gasteiger partial charge in [0.25, 0.3) is 0 Å². The number of carbonyl (C=O) groups excluding carboxylic acids is 1. The van der Waals surface area contributed by atoms with Crippen molar-refractivity contribution in [2.75, 3.05) is 25.1 Å². The maximum Gasteiger partial charge on any atom is 0.232 e. The van der Waals surface area contributed by atoms with Crippen LogP contribution in [0.5, 0.6) is 0 Å². The predicted octanol–water partition coefficient (Wildman–Crippen LogP) is 1.66. The Labute approximate surface area is 141 Å². The number of amides is 1. The van der Waals surface area contributed by atoms with Crippen molar-refractivity contribution in [2.45, 2.75) is 26.3 Å². The Morgan fingerprint density at radius 1 is 1.42 bits per heavy atom. The fourth-order valence-corrected chi connectivity index (χ4v) is 3.00. The summed E-state index contributed by atoms with van der Waals surface area (Å²) in [7, 11) is 0. The summed E-state index contributed by atoms with van der Waals surface area (Å²) < 4.78 is 7.33. The Morgan fingerprint density at radius 3 is 2.92 bits per heavy atom. The molecule has 0 bridgehead atoms. The van der Waals surface area contributed by atoms with Gasteiger partial charge in [-0.15, -0.1) is 10.2 Å². The van der Waals surface area contributed by atoms with Crippen molar-refractivity contribution in [1.29, 1.82) is 0 Å². The van der Waals surface area contributed by atoms with Crippen LogP contribution >= 0.6 is 0 Å². The van der Waals surface area contributed by atoms with Crippen LogP contribution in [0.1, 0.15) is 19.8 Å². The molecular formula is C17H23N5O2. The van der Waals surface area contributed by atoms with Gasteiger partial charge in [-0.05, 0) is 31.9 Å². The van der Waals surface area contributed by atoms with E-state index in [1.807, 2.05) is 35.8 Å². The van der Waals surface area contributed by atoms with Gasteiger partial charge in [-0.25, -0.2) is 0 Å². The molecule has 1 fully saturated rings. The first kappa shape index (κ1) is 16.6. The van der Waals surface area contributed by atoms with Crippen LogP contribution in [0.25, 0.3) is 11.4 Å². The maximum atomic E-state index is 12.8. The lowest BCUT2D eigenvalue weighted by Crippen LogP contribution is -2.46. The summed E-state index contributed by atoms with van der Waals surface area (Å²) in [6, 6.07) is 7.65. The summed E-state index contributed by atoms with van der Waals surface area (Å²) in [4.78, 5) is 12.8. The van der Waals surface area contributed by atoms with Gasteiger partial charge in [-0.2, -0.15) is 0 Å². The summed E-state index contributed by atoms with van der Waals surface area (Å²) >= 11 is 0. The normalized spacial score (nSPS) is 16.8. The molecule has 1 amide bonds. The number of aromatic nitrogens is 3. The van der Waals surface area contributed by atoms with Crippen molar-refractivity contribution in [3.8, 4) is 11.4 Å². The number of carbonyl (C=O) groups is 1. The number of nitrogens with one attached hydrogen (secondary N) is 1. The third-order valence-electron chi connectivity index (χ3n) is 4.66. The van der Waals surface area contributed by atoms with Crippen LogP contribution in [0.2, 0.25) is 0 Å². The van der Waals surface area contributed by atoms with E-state index >= 15 is 0 Å². The van der Waals surface area contributed by atoms with Crippen LogP contribution in [-0.2, 0) is 16.1 Å². The highest BCUT2D eigenvalue weighted by molar-refractivity contribution is 5.96. The molecule has 1 saturated heterocycles. The summed E-state index contributed by atoms with van der Waals surface area (Å²) in [5.41, 5.74) is 7.01. The van der Waals surface area contributed by atoms with Gasteiger partial charge in [0.2, 0.25) is 5.91 Å². The maximum absolute atomic E-state index is 12.8. The third-order valence-corrected chi connectivity index (χ3v) is 4.66. The number of hydrogen-bond donors (Lipinski definition) is 2. The second kappa shape index (κ2) is 7.11. The molecule has 0 aliphatic carbocycles. The fourth-order valence-electron chi connectivity index (χ4n) is 3.00. The van der Waals surface area contributed by atoms with E-state index in [1.165, 1.54) is 0 Å². The monoisotopic (exact) mass is 329 g/mol. The smallest absolute Gasteiger partial charge is 0.232 e. The van der Waals surface area contributed by atoms with E-state index < -0.39 is 5.41 Å². The van der Waals surface area contributed by atoms with Gasteiger partial charge < -0.3 is 20.4 Å². The molecule has 0 unspecified atom stereocenters. The third kappa shape index (κ3) is 3.18. The molecular weight excluding hydrogens is 306 g/mol. The minimum atomic E-state index is -0.544. The molecule has 1 aliphatic heterocycles. The SMILES string of the molecule is CCn1cnnc1-c1cccc(NC(=O)C2(CN)CCOCC2)c1. The van der Waals surface area contributed by atoms with Gasteiger partial charge >= 0.3 is 0 Å². The average molecular weight is 329 g/mol. The predicted molar refractivity (Wildman–Crippen MR) is 91.3 cm³/mol. The Hall–Kier alpha value is -2.25. The topological polar surface area (TPSA) is 95.1 Å². The molecule has 1 aromatic carbocycles. The molecule has 128 valence electrons. The number of nitrogens with two attached hydrogens (primary N) is 1. The van der Waals surface area contributed by atoms with Crippen LogP contribution < -0.4 is 11.1 Å². The highest BCUT2D eigenvalue weighted by Crippen LogP contribution is 2.31. The highest BCUT2D eigenvalue weighted by Gasteiger charge is 2.38. The molecule has 7 nitrogen and oxygen atoms in total. The zero-order valence-electron chi connectivity index (χ0n) is 13.9. The molecule has 24 heavy (non-hydrogen) atoms. The Kier molecular flexibility index (Phi) is 4.92. The number of ether oxygens (including phenoxy) is 1. The molecule has 0 spiro atoms. The minimum Gasteiger partial charge on any atom is -0.381 e. The summed E-state index contributed by atoms with van der Waals surface area (Å²) in [5, 5.41) is 11.1. The van der Waals surface area contributed by atoms with Crippen molar-refractivity contribution in [1.82, 2.24) is 14.8 Å². The summed E-state index contributed by atoms with van der Waals surface area (Å²) in [6.45, 7) is 4.30. The highest BCUT2D eigenvalue weighted by atomic mass is 16.5. The largest absolute Gasteiger partial charge is 0.381 e. The average Bonchev–Trinajstić information content (AvgIpc) is 3.11. The molecule has 1 aromatic heterocycles. The van der Waals surface area contributed by atoms with Gasteiger partial charge in [-0.3, -0.25) is 4.79 Å². The zero-order valence-corrected chi connectivity index (χ0v) is 13.9. The summed E-state index contributed by atoms with van der Waals surface area (Å²) in [5.74, 6) is 0.746. The quantitative estimate of drug-likeness (QED) is 0.870. The van der Waals surface area contributed by atoms with E-state index in [9.17, 15) is 4.79 Å².